The predicted octanol–water partition coefficient (Wildman–Crippen LogP) is 1.14. The summed E-state index contributed by atoms with van der Waals surface area (Å²) in [4.78, 5) is 0. The maximum absolute atomic E-state index is 5.55. The van der Waals surface area contributed by atoms with Crippen molar-refractivity contribution in [3.8, 4) is 0 Å². The first-order valence-corrected chi connectivity index (χ1v) is 5.82. The monoisotopic (exact) mass is 197 g/mol. The van der Waals surface area contributed by atoms with E-state index in [4.69, 9.17) is 9.47 Å². The Hall–Kier alpha value is -0.120. The first-order chi connectivity index (χ1) is 6.88. The van der Waals surface area contributed by atoms with Crippen LogP contribution in [0.2, 0.25) is 0 Å². The SMILES string of the molecule is C1CC2(CCN1)CC(C1OCCO1)C2. The van der Waals surface area contributed by atoms with Crippen molar-refractivity contribution in [3.05, 3.63) is 0 Å². The van der Waals surface area contributed by atoms with Crippen molar-refractivity contribution in [2.45, 2.75) is 32.0 Å². The van der Waals surface area contributed by atoms with Gasteiger partial charge >= 0.3 is 0 Å². The molecule has 3 rings (SSSR count). The summed E-state index contributed by atoms with van der Waals surface area (Å²) in [7, 11) is 0. The van der Waals surface area contributed by atoms with Gasteiger partial charge in [-0.1, -0.05) is 0 Å². The molecule has 0 radical (unpaired) electrons. The maximum Gasteiger partial charge on any atom is 0.160 e. The molecular weight excluding hydrogens is 178 g/mol. The van der Waals surface area contributed by atoms with Crippen LogP contribution in [0.3, 0.4) is 0 Å². The van der Waals surface area contributed by atoms with E-state index in [-0.39, 0.29) is 6.29 Å². The number of piperidine rings is 1. The number of hydrogen-bond donors (Lipinski definition) is 1. The standard InChI is InChI=1S/C11H19NO2/c1-3-12-4-2-11(1)7-9(8-11)10-13-5-6-14-10/h9-10,12H,1-8H2. The van der Waals surface area contributed by atoms with Crippen LogP contribution in [-0.2, 0) is 9.47 Å². The van der Waals surface area contributed by atoms with Gasteiger partial charge < -0.3 is 14.8 Å². The minimum absolute atomic E-state index is 0.135. The average Bonchev–Trinajstić information content (AvgIpc) is 2.68. The zero-order valence-electron chi connectivity index (χ0n) is 8.63. The highest BCUT2D eigenvalue weighted by atomic mass is 16.7. The first kappa shape index (κ1) is 9.13. The van der Waals surface area contributed by atoms with E-state index in [0.717, 1.165) is 13.2 Å². The topological polar surface area (TPSA) is 30.5 Å². The molecule has 0 aromatic rings. The van der Waals surface area contributed by atoms with Gasteiger partial charge in [0.15, 0.2) is 6.29 Å². The van der Waals surface area contributed by atoms with Crippen molar-refractivity contribution in [1.82, 2.24) is 5.32 Å². The first-order valence-electron chi connectivity index (χ1n) is 5.82. The third kappa shape index (κ3) is 1.47. The summed E-state index contributed by atoms with van der Waals surface area (Å²) in [5.74, 6) is 0.690. The summed E-state index contributed by atoms with van der Waals surface area (Å²) < 4.78 is 11.1. The van der Waals surface area contributed by atoms with Crippen LogP contribution in [0.25, 0.3) is 0 Å². The fourth-order valence-corrected chi connectivity index (χ4v) is 3.26. The van der Waals surface area contributed by atoms with Crippen LogP contribution in [0, 0.1) is 11.3 Å². The molecule has 0 aromatic heterocycles. The molecule has 1 N–H and O–H groups in total. The number of nitrogens with one attached hydrogen (secondary N) is 1. The fraction of sp³-hybridized carbons (Fsp3) is 1.00. The van der Waals surface area contributed by atoms with Crippen molar-refractivity contribution >= 4 is 0 Å². The summed E-state index contributed by atoms with van der Waals surface area (Å²) in [5, 5.41) is 3.43. The minimum atomic E-state index is 0.135. The number of ether oxygens (including phenoxy) is 2. The quantitative estimate of drug-likeness (QED) is 0.683. The minimum Gasteiger partial charge on any atom is -0.350 e. The van der Waals surface area contributed by atoms with Gasteiger partial charge in [-0.05, 0) is 44.2 Å². The van der Waals surface area contributed by atoms with E-state index < -0.39 is 0 Å². The zero-order chi connectivity index (χ0) is 9.43. The lowest BCUT2D eigenvalue weighted by molar-refractivity contribution is -0.148. The van der Waals surface area contributed by atoms with Crippen molar-refractivity contribution < 1.29 is 9.47 Å². The Kier molecular flexibility index (Phi) is 2.26. The van der Waals surface area contributed by atoms with Gasteiger partial charge in [-0.3, -0.25) is 0 Å². The second kappa shape index (κ2) is 3.47. The molecule has 2 aliphatic heterocycles. The fourth-order valence-electron chi connectivity index (χ4n) is 3.26. The Morgan fingerprint density at radius 2 is 1.64 bits per heavy atom. The zero-order valence-corrected chi connectivity index (χ0v) is 8.63. The lowest BCUT2D eigenvalue weighted by atomic mass is 9.57. The lowest BCUT2D eigenvalue weighted by Crippen LogP contribution is -2.48. The molecule has 2 heterocycles. The third-order valence-corrected chi connectivity index (χ3v) is 4.09. The number of hydrogen-bond acceptors (Lipinski definition) is 3. The van der Waals surface area contributed by atoms with Gasteiger partial charge in [-0.2, -0.15) is 0 Å². The van der Waals surface area contributed by atoms with E-state index in [1.54, 1.807) is 0 Å². The molecule has 14 heavy (non-hydrogen) atoms. The lowest BCUT2D eigenvalue weighted by Gasteiger charge is -2.51. The molecule has 1 spiro atoms. The highest BCUT2D eigenvalue weighted by Gasteiger charge is 2.48. The Balaban J connectivity index is 1.53. The normalized spacial score (nSPS) is 33.4. The molecule has 3 nitrogen and oxygen atoms in total. The smallest absolute Gasteiger partial charge is 0.160 e. The molecule has 0 unspecified atom stereocenters. The van der Waals surface area contributed by atoms with Gasteiger partial charge in [0.2, 0.25) is 0 Å². The Labute approximate surface area is 85.1 Å². The highest BCUT2D eigenvalue weighted by Crippen LogP contribution is 2.53. The average molecular weight is 197 g/mol. The van der Waals surface area contributed by atoms with Crippen molar-refractivity contribution in [2.75, 3.05) is 26.3 Å². The summed E-state index contributed by atoms with van der Waals surface area (Å²) in [6.07, 6.45) is 5.51. The summed E-state index contributed by atoms with van der Waals surface area (Å²) in [5.41, 5.74) is 0.658. The van der Waals surface area contributed by atoms with Gasteiger partial charge in [0.1, 0.15) is 0 Å². The summed E-state index contributed by atoms with van der Waals surface area (Å²) >= 11 is 0. The Morgan fingerprint density at radius 1 is 1.00 bits per heavy atom. The molecule has 1 saturated carbocycles. The Morgan fingerprint density at radius 3 is 2.29 bits per heavy atom. The van der Waals surface area contributed by atoms with Gasteiger partial charge in [0.25, 0.3) is 0 Å². The molecule has 0 aromatic carbocycles. The van der Waals surface area contributed by atoms with E-state index in [2.05, 4.69) is 5.32 Å². The predicted molar refractivity (Wildman–Crippen MR) is 53.0 cm³/mol. The summed E-state index contributed by atoms with van der Waals surface area (Å²) in [6.45, 7) is 4.02. The molecule has 0 amide bonds. The molecule has 0 atom stereocenters. The summed E-state index contributed by atoms with van der Waals surface area (Å²) in [6, 6.07) is 0. The molecule has 3 fully saturated rings. The van der Waals surface area contributed by atoms with Gasteiger partial charge in [-0.15, -0.1) is 0 Å². The van der Waals surface area contributed by atoms with Crippen molar-refractivity contribution in [1.29, 1.82) is 0 Å². The van der Waals surface area contributed by atoms with Gasteiger partial charge in [0.05, 0.1) is 13.2 Å². The van der Waals surface area contributed by atoms with Crippen LogP contribution in [0.1, 0.15) is 25.7 Å². The molecule has 80 valence electrons. The van der Waals surface area contributed by atoms with Crippen molar-refractivity contribution in [2.24, 2.45) is 11.3 Å². The second-order valence-corrected chi connectivity index (χ2v) is 5.03. The maximum atomic E-state index is 5.55. The van der Waals surface area contributed by atoms with Crippen LogP contribution in [0.5, 0.6) is 0 Å². The Bertz CT molecular complexity index is 199. The van der Waals surface area contributed by atoms with Crippen molar-refractivity contribution in [3.63, 3.8) is 0 Å². The third-order valence-electron chi connectivity index (χ3n) is 4.09. The molecule has 3 heteroatoms. The van der Waals surface area contributed by atoms with E-state index in [9.17, 15) is 0 Å². The van der Waals surface area contributed by atoms with E-state index in [1.165, 1.54) is 38.8 Å². The largest absolute Gasteiger partial charge is 0.350 e. The molecule has 1 aliphatic carbocycles. The molecular formula is C11H19NO2. The van der Waals surface area contributed by atoms with E-state index >= 15 is 0 Å². The van der Waals surface area contributed by atoms with E-state index in [1.807, 2.05) is 0 Å². The molecule has 2 saturated heterocycles. The second-order valence-electron chi connectivity index (χ2n) is 5.03. The van der Waals surface area contributed by atoms with Crippen LogP contribution in [0.4, 0.5) is 0 Å². The van der Waals surface area contributed by atoms with Crippen LogP contribution in [-0.4, -0.2) is 32.6 Å². The molecule has 3 aliphatic rings. The molecule has 0 bridgehead atoms. The van der Waals surface area contributed by atoms with Gasteiger partial charge in [-0.25, -0.2) is 0 Å². The van der Waals surface area contributed by atoms with Crippen LogP contribution in [0.15, 0.2) is 0 Å². The highest BCUT2D eigenvalue weighted by molar-refractivity contribution is 4.97. The van der Waals surface area contributed by atoms with E-state index in [0.29, 0.717) is 11.3 Å². The van der Waals surface area contributed by atoms with Crippen LogP contribution < -0.4 is 5.32 Å². The number of rotatable bonds is 1. The van der Waals surface area contributed by atoms with Gasteiger partial charge in [0, 0.05) is 5.92 Å². The van der Waals surface area contributed by atoms with Crippen LogP contribution >= 0.6 is 0 Å².